The van der Waals surface area contributed by atoms with E-state index in [0.29, 0.717) is 0 Å². The molecule has 0 aromatic heterocycles. The normalized spacial score (nSPS) is 17.5. The monoisotopic (exact) mass is 299 g/mol. The van der Waals surface area contributed by atoms with E-state index >= 15 is 0 Å². The minimum absolute atomic E-state index is 0.0659. The first-order valence-corrected chi connectivity index (χ1v) is 7.76. The van der Waals surface area contributed by atoms with Crippen molar-refractivity contribution < 1.29 is 4.39 Å². The highest BCUT2D eigenvalue weighted by Crippen LogP contribution is 2.18. The van der Waals surface area contributed by atoms with Gasteiger partial charge in [0.25, 0.3) is 0 Å². The van der Waals surface area contributed by atoms with Crippen molar-refractivity contribution in [1.82, 2.24) is 4.90 Å². The molecule has 22 heavy (non-hydrogen) atoms. The number of rotatable bonds is 4. The fraction of sp³-hybridized carbons (Fsp3) is 0.333. The van der Waals surface area contributed by atoms with Crippen molar-refractivity contribution in [2.45, 2.75) is 6.04 Å². The third-order valence-electron chi connectivity index (χ3n) is 4.25. The van der Waals surface area contributed by atoms with E-state index in [4.69, 9.17) is 5.73 Å². The summed E-state index contributed by atoms with van der Waals surface area (Å²) in [6.07, 6.45) is 0. The van der Waals surface area contributed by atoms with Crippen LogP contribution in [0.15, 0.2) is 54.6 Å². The molecule has 1 fully saturated rings. The topological polar surface area (TPSA) is 32.5 Å². The second kappa shape index (κ2) is 6.90. The summed E-state index contributed by atoms with van der Waals surface area (Å²) in [4.78, 5) is 4.79. The highest BCUT2D eigenvalue weighted by atomic mass is 19.1. The Kier molecular flexibility index (Phi) is 4.71. The summed E-state index contributed by atoms with van der Waals surface area (Å²) in [5.74, 6) is -0.215. The number of hydrogen-bond donors (Lipinski definition) is 1. The van der Waals surface area contributed by atoms with Crippen LogP contribution >= 0.6 is 0 Å². The summed E-state index contributed by atoms with van der Waals surface area (Å²) < 4.78 is 13.0. The fourth-order valence-corrected chi connectivity index (χ4v) is 2.92. The van der Waals surface area contributed by atoms with Crippen molar-refractivity contribution in [1.29, 1.82) is 0 Å². The van der Waals surface area contributed by atoms with E-state index in [1.807, 2.05) is 6.07 Å². The van der Waals surface area contributed by atoms with Crippen LogP contribution in [-0.2, 0) is 0 Å². The minimum atomic E-state index is -0.215. The van der Waals surface area contributed by atoms with Gasteiger partial charge in [-0.05, 0) is 29.8 Å². The van der Waals surface area contributed by atoms with Crippen molar-refractivity contribution in [3.05, 3.63) is 66.0 Å². The maximum absolute atomic E-state index is 13.0. The standard InChI is InChI=1S/C18H22FN3/c19-16-8-6-15(7-9-16)18(20)14-21-10-12-22(13-11-21)17-4-2-1-3-5-17/h1-9,18H,10-14,20H2. The maximum Gasteiger partial charge on any atom is 0.123 e. The Morgan fingerprint density at radius 1 is 0.909 bits per heavy atom. The maximum atomic E-state index is 13.0. The average molecular weight is 299 g/mol. The number of nitrogens with zero attached hydrogens (tertiary/aromatic N) is 2. The lowest BCUT2D eigenvalue weighted by Crippen LogP contribution is -2.48. The Bertz CT molecular complexity index is 577. The molecule has 2 N–H and O–H groups in total. The van der Waals surface area contributed by atoms with Crippen molar-refractivity contribution in [3.8, 4) is 0 Å². The molecule has 1 saturated heterocycles. The summed E-state index contributed by atoms with van der Waals surface area (Å²) in [5, 5.41) is 0. The van der Waals surface area contributed by atoms with Crippen molar-refractivity contribution in [3.63, 3.8) is 0 Å². The number of halogens is 1. The number of nitrogens with two attached hydrogens (primary N) is 1. The predicted molar refractivity (Wildman–Crippen MR) is 88.4 cm³/mol. The van der Waals surface area contributed by atoms with Crippen LogP contribution in [0.1, 0.15) is 11.6 Å². The molecule has 0 saturated carbocycles. The summed E-state index contributed by atoms with van der Waals surface area (Å²) in [6, 6.07) is 16.9. The number of para-hydroxylation sites is 1. The predicted octanol–water partition coefficient (Wildman–Crippen LogP) is 2.65. The quantitative estimate of drug-likeness (QED) is 0.942. The van der Waals surface area contributed by atoms with Gasteiger partial charge in [-0.1, -0.05) is 30.3 Å². The van der Waals surface area contributed by atoms with Gasteiger partial charge < -0.3 is 10.6 Å². The van der Waals surface area contributed by atoms with Crippen molar-refractivity contribution in [2.24, 2.45) is 5.73 Å². The van der Waals surface area contributed by atoms with Gasteiger partial charge in [0.05, 0.1) is 0 Å². The second-order valence-electron chi connectivity index (χ2n) is 5.78. The van der Waals surface area contributed by atoms with E-state index in [-0.39, 0.29) is 11.9 Å². The van der Waals surface area contributed by atoms with Crippen LogP contribution in [0.2, 0.25) is 0 Å². The van der Waals surface area contributed by atoms with E-state index in [9.17, 15) is 4.39 Å². The molecule has 0 aliphatic carbocycles. The largest absolute Gasteiger partial charge is 0.369 e. The van der Waals surface area contributed by atoms with Crippen LogP contribution in [0.3, 0.4) is 0 Å². The van der Waals surface area contributed by atoms with E-state index in [2.05, 4.69) is 34.1 Å². The SMILES string of the molecule is NC(CN1CCN(c2ccccc2)CC1)c1ccc(F)cc1. The lowest BCUT2D eigenvalue weighted by Gasteiger charge is -2.37. The van der Waals surface area contributed by atoms with E-state index < -0.39 is 0 Å². The smallest absolute Gasteiger partial charge is 0.123 e. The highest BCUT2D eigenvalue weighted by Gasteiger charge is 2.19. The Balaban J connectivity index is 1.52. The van der Waals surface area contributed by atoms with Gasteiger partial charge in [-0.2, -0.15) is 0 Å². The van der Waals surface area contributed by atoms with Gasteiger partial charge in [0.2, 0.25) is 0 Å². The number of anilines is 1. The Hall–Kier alpha value is -1.91. The van der Waals surface area contributed by atoms with Gasteiger partial charge in [-0.25, -0.2) is 4.39 Å². The first-order valence-electron chi connectivity index (χ1n) is 7.76. The molecule has 0 spiro atoms. The molecule has 2 aromatic carbocycles. The van der Waals surface area contributed by atoms with Gasteiger partial charge in [0.1, 0.15) is 5.82 Å². The zero-order valence-electron chi connectivity index (χ0n) is 12.7. The fourth-order valence-electron chi connectivity index (χ4n) is 2.92. The molecule has 4 heteroatoms. The van der Waals surface area contributed by atoms with Gasteiger partial charge in [0, 0.05) is 44.5 Å². The van der Waals surface area contributed by atoms with Crippen LogP contribution in [0.4, 0.5) is 10.1 Å². The molecule has 0 radical (unpaired) electrons. The minimum Gasteiger partial charge on any atom is -0.369 e. The molecule has 3 rings (SSSR count). The molecule has 1 heterocycles. The number of benzene rings is 2. The zero-order chi connectivity index (χ0) is 15.4. The van der Waals surface area contributed by atoms with Crippen LogP contribution in [0.5, 0.6) is 0 Å². The van der Waals surface area contributed by atoms with Crippen LogP contribution in [0.25, 0.3) is 0 Å². The Morgan fingerprint density at radius 2 is 1.55 bits per heavy atom. The molecule has 1 aliphatic rings. The second-order valence-corrected chi connectivity index (χ2v) is 5.78. The highest BCUT2D eigenvalue weighted by molar-refractivity contribution is 5.46. The molecule has 1 unspecified atom stereocenters. The van der Waals surface area contributed by atoms with Crippen LogP contribution < -0.4 is 10.6 Å². The molecule has 1 atom stereocenters. The van der Waals surface area contributed by atoms with E-state index in [1.54, 1.807) is 12.1 Å². The molecule has 1 aliphatic heterocycles. The third-order valence-corrected chi connectivity index (χ3v) is 4.25. The number of piperazine rings is 1. The number of hydrogen-bond acceptors (Lipinski definition) is 3. The zero-order valence-corrected chi connectivity index (χ0v) is 12.7. The molecule has 3 nitrogen and oxygen atoms in total. The van der Waals surface area contributed by atoms with Gasteiger partial charge >= 0.3 is 0 Å². The Morgan fingerprint density at radius 3 is 2.18 bits per heavy atom. The lowest BCUT2D eigenvalue weighted by atomic mass is 10.1. The summed E-state index contributed by atoms with van der Waals surface area (Å²) in [7, 11) is 0. The average Bonchev–Trinajstić information content (AvgIpc) is 2.57. The Labute approximate surface area is 131 Å². The molecule has 0 bridgehead atoms. The van der Waals surface area contributed by atoms with Gasteiger partial charge in [-0.15, -0.1) is 0 Å². The summed E-state index contributed by atoms with van der Waals surface area (Å²) in [6.45, 7) is 4.85. The third kappa shape index (κ3) is 3.64. The summed E-state index contributed by atoms with van der Waals surface area (Å²) in [5.41, 5.74) is 8.52. The molecular weight excluding hydrogens is 277 g/mol. The van der Waals surface area contributed by atoms with Crippen molar-refractivity contribution >= 4 is 5.69 Å². The molecule has 116 valence electrons. The first kappa shape index (κ1) is 15.0. The van der Waals surface area contributed by atoms with Crippen LogP contribution in [-0.4, -0.2) is 37.6 Å². The molecule has 0 amide bonds. The first-order chi connectivity index (χ1) is 10.7. The molecule has 2 aromatic rings. The van der Waals surface area contributed by atoms with Gasteiger partial charge in [-0.3, -0.25) is 4.90 Å². The van der Waals surface area contributed by atoms with E-state index in [0.717, 1.165) is 38.3 Å². The summed E-state index contributed by atoms with van der Waals surface area (Å²) >= 11 is 0. The van der Waals surface area contributed by atoms with Crippen LogP contribution in [0, 0.1) is 5.82 Å². The van der Waals surface area contributed by atoms with Gasteiger partial charge in [0.15, 0.2) is 0 Å². The molecular formula is C18H22FN3. The van der Waals surface area contributed by atoms with Crippen molar-refractivity contribution in [2.75, 3.05) is 37.6 Å². The lowest BCUT2D eigenvalue weighted by molar-refractivity contribution is 0.243. The van der Waals surface area contributed by atoms with E-state index in [1.165, 1.54) is 17.8 Å².